The second-order valence-electron chi connectivity index (χ2n) is 9.63. The third kappa shape index (κ3) is 7.24. The first-order valence-electron chi connectivity index (χ1n) is 11.3. The molecule has 2 aromatic carbocycles. The molecule has 185 valence electrons. The number of pyridine rings is 1. The van der Waals surface area contributed by atoms with E-state index in [4.69, 9.17) is 9.52 Å². The van der Waals surface area contributed by atoms with Gasteiger partial charge in [0.2, 0.25) is 0 Å². The van der Waals surface area contributed by atoms with Crippen LogP contribution in [0.4, 0.5) is 0 Å². The van der Waals surface area contributed by atoms with Crippen LogP contribution in [0.2, 0.25) is 0 Å². The normalized spacial score (nSPS) is 11.5. The number of ketones is 1. The number of aromatic nitrogens is 1. The van der Waals surface area contributed by atoms with Gasteiger partial charge in [0.05, 0.1) is 12.0 Å². The van der Waals surface area contributed by atoms with Gasteiger partial charge in [0.15, 0.2) is 11.4 Å². The zero-order valence-electron chi connectivity index (χ0n) is 21.3. The van der Waals surface area contributed by atoms with Crippen LogP contribution in [0.25, 0.3) is 33.6 Å². The molecule has 0 unspecified atom stereocenters. The van der Waals surface area contributed by atoms with Crippen molar-refractivity contribution in [3.05, 3.63) is 89.3 Å². The molecule has 1 radical (unpaired) electrons. The quantitative estimate of drug-likeness (QED) is 0.140. The number of carbonyl (C=O) groups is 1. The van der Waals surface area contributed by atoms with Crippen LogP contribution < -0.4 is 0 Å². The fraction of sp³-hybridized carbons (Fsp3) is 0.267. The topological polar surface area (TPSA) is 63.3 Å². The van der Waals surface area contributed by atoms with Gasteiger partial charge >= 0.3 is 0 Å². The molecule has 35 heavy (non-hydrogen) atoms. The number of hydrogen-bond acceptors (Lipinski definition) is 4. The maximum Gasteiger partial charge on any atom is 0.155 e. The fourth-order valence-electron chi connectivity index (χ4n) is 3.85. The van der Waals surface area contributed by atoms with Crippen molar-refractivity contribution in [2.75, 3.05) is 0 Å². The van der Waals surface area contributed by atoms with Gasteiger partial charge in [0, 0.05) is 37.1 Å². The summed E-state index contributed by atoms with van der Waals surface area (Å²) in [5.41, 5.74) is 7.84. The minimum absolute atomic E-state index is 0. The maximum absolute atomic E-state index is 10.0. The molecule has 0 fully saturated rings. The van der Waals surface area contributed by atoms with Crippen LogP contribution in [0.3, 0.4) is 0 Å². The van der Waals surface area contributed by atoms with Gasteiger partial charge in [-0.3, -0.25) is 4.79 Å². The van der Waals surface area contributed by atoms with E-state index >= 15 is 0 Å². The Labute approximate surface area is 221 Å². The van der Waals surface area contributed by atoms with Crippen molar-refractivity contribution in [2.45, 2.75) is 53.9 Å². The average molecular weight is 647 g/mol. The Balaban J connectivity index is 0.000000476. The molecule has 0 aliphatic heterocycles. The Hall–Kier alpha value is -3.01. The molecule has 0 atom stereocenters. The number of benzene rings is 2. The molecule has 4 aromatic rings. The van der Waals surface area contributed by atoms with E-state index in [1.165, 1.54) is 42.2 Å². The fourth-order valence-corrected chi connectivity index (χ4v) is 3.85. The van der Waals surface area contributed by atoms with Crippen LogP contribution >= 0.6 is 0 Å². The molecule has 2 heterocycles. The van der Waals surface area contributed by atoms with Gasteiger partial charge in [-0.1, -0.05) is 39.0 Å². The van der Waals surface area contributed by atoms with Crippen LogP contribution in [-0.2, 0) is 30.3 Å². The molecule has 0 aliphatic carbocycles. The molecule has 4 rings (SSSR count). The summed E-state index contributed by atoms with van der Waals surface area (Å²) in [5, 5.41) is 9.42. The van der Waals surface area contributed by atoms with E-state index in [1.54, 1.807) is 0 Å². The van der Waals surface area contributed by atoms with Crippen molar-refractivity contribution in [1.29, 1.82) is 0 Å². The van der Waals surface area contributed by atoms with E-state index < -0.39 is 0 Å². The van der Waals surface area contributed by atoms with Gasteiger partial charge in [0.25, 0.3) is 0 Å². The van der Waals surface area contributed by atoms with Crippen LogP contribution in [0, 0.1) is 19.9 Å². The van der Waals surface area contributed by atoms with E-state index in [9.17, 15) is 4.79 Å². The second-order valence-corrected chi connectivity index (χ2v) is 9.63. The smallest absolute Gasteiger partial charge is 0.155 e. The first-order chi connectivity index (χ1) is 16.0. The van der Waals surface area contributed by atoms with Crippen molar-refractivity contribution < 1.29 is 34.4 Å². The second kappa shape index (κ2) is 11.6. The number of aliphatic hydroxyl groups excluding tert-OH is 1. The number of fused-ring (bicyclic) bond motifs is 1. The van der Waals surface area contributed by atoms with Gasteiger partial charge in [-0.15, -0.1) is 35.9 Å². The minimum atomic E-state index is -0.125. The minimum Gasteiger partial charge on any atom is -0.512 e. The van der Waals surface area contributed by atoms with E-state index in [1.807, 2.05) is 30.5 Å². The number of rotatable bonds is 3. The number of hydrogen-bond donors (Lipinski definition) is 1. The van der Waals surface area contributed by atoms with Crippen LogP contribution in [0.15, 0.2) is 71.0 Å². The van der Waals surface area contributed by atoms with Crippen molar-refractivity contribution >= 4 is 16.8 Å². The van der Waals surface area contributed by atoms with Gasteiger partial charge in [-0.25, -0.2) is 0 Å². The zero-order chi connectivity index (χ0) is 25.0. The Kier molecular flexibility index (Phi) is 9.37. The van der Waals surface area contributed by atoms with Crippen molar-refractivity contribution in [1.82, 2.24) is 4.98 Å². The summed E-state index contributed by atoms with van der Waals surface area (Å²) in [4.78, 5) is 14.6. The van der Waals surface area contributed by atoms with E-state index in [-0.39, 0.29) is 37.1 Å². The molecule has 0 saturated carbocycles. The summed E-state index contributed by atoms with van der Waals surface area (Å²) < 4.78 is 6.16. The summed E-state index contributed by atoms with van der Waals surface area (Å²) in [5.74, 6) is 0.837. The van der Waals surface area contributed by atoms with Gasteiger partial charge in [-0.05, 0) is 61.6 Å². The number of aliphatic hydroxyl groups is 1. The predicted octanol–water partition coefficient (Wildman–Crippen LogP) is 7.91. The number of carbonyl (C=O) groups excluding carboxylic acids is 1. The molecule has 0 bridgehead atoms. The Morgan fingerprint density at radius 3 is 2.20 bits per heavy atom. The molecular weight excluding hydrogens is 615 g/mol. The summed E-state index contributed by atoms with van der Waals surface area (Å²) in [7, 11) is 0. The molecule has 1 N–H and O–H groups in total. The van der Waals surface area contributed by atoms with Crippen LogP contribution in [-0.4, -0.2) is 15.9 Å². The van der Waals surface area contributed by atoms with Crippen molar-refractivity contribution in [3.8, 4) is 22.6 Å². The maximum atomic E-state index is 10.0. The predicted molar refractivity (Wildman–Crippen MR) is 139 cm³/mol. The molecule has 4 nitrogen and oxygen atoms in total. The molecule has 0 aliphatic rings. The van der Waals surface area contributed by atoms with Crippen molar-refractivity contribution in [3.63, 3.8) is 0 Å². The third-order valence-corrected chi connectivity index (χ3v) is 5.45. The van der Waals surface area contributed by atoms with Crippen molar-refractivity contribution in [2.24, 2.45) is 0 Å². The number of furan rings is 1. The van der Waals surface area contributed by atoms with Gasteiger partial charge in [0.1, 0.15) is 5.76 Å². The summed E-state index contributed by atoms with van der Waals surface area (Å²) in [6, 6.07) is 19.9. The SMILES string of the molecule is CC(=O)/C=C(/C)O.Cc1cc(C(C)(C)C)cc(C)c1-c1cc2cc(-c3[c-]cccc3)ncc2o1.[Ir]. The van der Waals surface area contributed by atoms with E-state index in [0.29, 0.717) is 0 Å². The van der Waals surface area contributed by atoms with Crippen LogP contribution in [0.1, 0.15) is 51.3 Å². The third-order valence-electron chi connectivity index (χ3n) is 5.45. The van der Waals surface area contributed by atoms with Gasteiger partial charge < -0.3 is 14.5 Å². The zero-order valence-corrected chi connectivity index (χ0v) is 23.7. The van der Waals surface area contributed by atoms with Gasteiger partial charge in [-0.2, -0.15) is 0 Å². The van der Waals surface area contributed by atoms with E-state index in [0.717, 1.165) is 28.0 Å². The van der Waals surface area contributed by atoms with Crippen LogP contribution in [0.5, 0.6) is 0 Å². The standard InChI is InChI=1S/C25H24NO.C5H8O2.Ir/c1-16-11-20(25(3,4)5)12-17(2)24(16)22-14-19-13-21(26-15-23(19)27-22)18-9-7-6-8-10-18;1-4(6)3-5(2)7;/h6-9,11-15H,1-5H3;3,6H,1-2H3;/q-1;;/b;4-3-;. The largest absolute Gasteiger partial charge is 0.512 e. The molecule has 0 spiro atoms. The summed E-state index contributed by atoms with van der Waals surface area (Å²) >= 11 is 0. The number of aryl methyl sites for hydroxylation is 2. The number of allylic oxidation sites excluding steroid dienone is 2. The Morgan fingerprint density at radius 2 is 1.71 bits per heavy atom. The Morgan fingerprint density at radius 1 is 1.06 bits per heavy atom. The molecule has 2 aromatic heterocycles. The summed E-state index contributed by atoms with van der Waals surface area (Å²) in [6.07, 6.45) is 2.98. The first-order valence-corrected chi connectivity index (χ1v) is 11.3. The Bertz CT molecular complexity index is 1320. The monoisotopic (exact) mass is 647 g/mol. The number of nitrogens with zero attached hydrogens (tertiary/aromatic N) is 1. The average Bonchev–Trinajstić information content (AvgIpc) is 3.15. The van der Waals surface area contributed by atoms with E-state index in [2.05, 4.69) is 69.9 Å². The molecule has 0 saturated heterocycles. The molecule has 5 heteroatoms. The first kappa shape index (κ1) is 28.2. The summed E-state index contributed by atoms with van der Waals surface area (Å²) in [6.45, 7) is 13.9. The molecular formula is C30H32IrNO3-. The molecule has 0 amide bonds.